The van der Waals surface area contributed by atoms with Crippen LogP contribution in [0.25, 0.3) is 0 Å². The molecule has 0 aromatic carbocycles. The number of ketones is 1. The van der Waals surface area contributed by atoms with Gasteiger partial charge in [0, 0.05) is 19.4 Å². The van der Waals surface area contributed by atoms with Crippen LogP contribution in [0.3, 0.4) is 0 Å². The summed E-state index contributed by atoms with van der Waals surface area (Å²) < 4.78 is 0. The van der Waals surface area contributed by atoms with Gasteiger partial charge in [0.2, 0.25) is 0 Å². The summed E-state index contributed by atoms with van der Waals surface area (Å²) in [5.74, 6) is 0.840. The van der Waals surface area contributed by atoms with Crippen LogP contribution in [-0.4, -0.2) is 17.5 Å². The van der Waals surface area contributed by atoms with Crippen LogP contribution in [0, 0.1) is 11.3 Å². The lowest BCUT2D eigenvalue weighted by molar-refractivity contribution is -0.121. The van der Waals surface area contributed by atoms with E-state index in [1.807, 2.05) is 0 Å². The number of carbonyl (C=O) groups excluding carboxylic acids is 1. The third-order valence-corrected chi connectivity index (χ3v) is 4.24. The van der Waals surface area contributed by atoms with Crippen LogP contribution >= 0.6 is 0 Å². The largest absolute Gasteiger partial charge is 0.396 e. The van der Waals surface area contributed by atoms with Gasteiger partial charge in [-0.1, -0.05) is 12.8 Å². The Bertz CT molecular complexity index is 224. The number of Topliss-reactive ketones (excluding diaryl/α,β-unsaturated/α-hetero) is 1. The molecule has 0 bridgehead atoms. The highest BCUT2D eigenvalue weighted by Gasteiger charge is 2.43. The Morgan fingerprint density at radius 2 is 2.07 bits per heavy atom. The van der Waals surface area contributed by atoms with Crippen molar-refractivity contribution in [3.05, 3.63) is 0 Å². The first-order valence-electron chi connectivity index (χ1n) is 5.89. The molecule has 2 atom stereocenters. The van der Waals surface area contributed by atoms with Gasteiger partial charge in [-0.05, 0) is 37.0 Å². The molecule has 1 spiro atoms. The van der Waals surface area contributed by atoms with Crippen molar-refractivity contribution in [2.75, 3.05) is 6.61 Å². The molecule has 0 radical (unpaired) electrons. The monoisotopic (exact) mass is 196 g/mol. The Balaban J connectivity index is 2.14. The SMILES string of the molecule is O=C1CCCC[C@@]2(CCC[C@H]2CO)C1. The van der Waals surface area contributed by atoms with Crippen molar-refractivity contribution < 1.29 is 9.90 Å². The Kier molecular flexibility index (Phi) is 2.91. The summed E-state index contributed by atoms with van der Waals surface area (Å²) in [5.41, 5.74) is 0.197. The van der Waals surface area contributed by atoms with E-state index in [0.717, 1.165) is 25.7 Å². The molecule has 0 aromatic heterocycles. The maximum atomic E-state index is 11.6. The van der Waals surface area contributed by atoms with Crippen molar-refractivity contribution in [1.29, 1.82) is 0 Å². The van der Waals surface area contributed by atoms with Gasteiger partial charge in [0.25, 0.3) is 0 Å². The Labute approximate surface area is 85.7 Å². The molecule has 0 unspecified atom stereocenters. The van der Waals surface area contributed by atoms with Crippen LogP contribution in [0.4, 0.5) is 0 Å². The fourth-order valence-electron chi connectivity index (χ4n) is 3.43. The molecule has 2 heteroatoms. The summed E-state index contributed by atoms with van der Waals surface area (Å²) in [5, 5.41) is 9.35. The molecule has 2 fully saturated rings. The minimum Gasteiger partial charge on any atom is -0.396 e. The minimum absolute atomic E-state index is 0.197. The second kappa shape index (κ2) is 4.01. The van der Waals surface area contributed by atoms with Crippen LogP contribution in [-0.2, 0) is 4.79 Å². The van der Waals surface area contributed by atoms with Crippen LogP contribution in [0.1, 0.15) is 51.4 Å². The van der Waals surface area contributed by atoms with Crippen molar-refractivity contribution in [2.45, 2.75) is 51.4 Å². The van der Waals surface area contributed by atoms with Crippen LogP contribution < -0.4 is 0 Å². The molecule has 2 aliphatic carbocycles. The summed E-state index contributed by atoms with van der Waals surface area (Å²) in [4.78, 5) is 11.6. The molecule has 0 amide bonds. The fourth-order valence-corrected chi connectivity index (χ4v) is 3.43. The zero-order chi connectivity index (χ0) is 10.0. The van der Waals surface area contributed by atoms with Gasteiger partial charge in [0.1, 0.15) is 5.78 Å². The van der Waals surface area contributed by atoms with Gasteiger partial charge in [0.05, 0.1) is 0 Å². The third-order valence-electron chi connectivity index (χ3n) is 4.24. The lowest BCUT2D eigenvalue weighted by Crippen LogP contribution is -2.29. The van der Waals surface area contributed by atoms with Gasteiger partial charge >= 0.3 is 0 Å². The van der Waals surface area contributed by atoms with E-state index in [1.165, 1.54) is 25.7 Å². The van der Waals surface area contributed by atoms with E-state index in [4.69, 9.17) is 0 Å². The molecule has 14 heavy (non-hydrogen) atoms. The quantitative estimate of drug-likeness (QED) is 0.698. The van der Waals surface area contributed by atoms with Crippen molar-refractivity contribution in [2.24, 2.45) is 11.3 Å². The highest BCUT2D eigenvalue weighted by Crippen LogP contribution is 2.50. The molecule has 80 valence electrons. The van der Waals surface area contributed by atoms with Crippen molar-refractivity contribution in [1.82, 2.24) is 0 Å². The van der Waals surface area contributed by atoms with Crippen LogP contribution in [0.15, 0.2) is 0 Å². The first kappa shape index (κ1) is 10.2. The Hall–Kier alpha value is -0.370. The van der Waals surface area contributed by atoms with E-state index >= 15 is 0 Å². The summed E-state index contributed by atoms with van der Waals surface area (Å²) in [6.07, 6.45) is 8.45. The predicted molar refractivity (Wildman–Crippen MR) is 55.0 cm³/mol. The number of hydrogen-bond donors (Lipinski definition) is 1. The van der Waals surface area contributed by atoms with Crippen molar-refractivity contribution in [3.63, 3.8) is 0 Å². The molecule has 0 heterocycles. The summed E-state index contributed by atoms with van der Waals surface area (Å²) in [6.45, 7) is 0.285. The van der Waals surface area contributed by atoms with E-state index < -0.39 is 0 Å². The van der Waals surface area contributed by atoms with Gasteiger partial charge in [-0.15, -0.1) is 0 Å². The predicted octanol–water partition coefficient (Wildman–Crippen LogP) is 2.30. The van der Waals surface area contributed by atoms with Gasteiger partial charge in [-0.25, -0.2) is 0 Å². The van der Waals surface area contributed by atoms with E-state index in [9.17, 15) is 9.90 Å². The van der Waals surface area contributed by atoms with Crippen molar-refractivity contribution in [3.8, 4) is 0 Å². The lowest BCUT2D eigenvalue weighted by atomic mass is 9.72. The van der Waals surface area contributed by atoms with Gasteiger partial charge in [-0.2, -0.15) is 0 Å². The first-order chi connectivity index (χ1) is 6.77. The maximum absolute atomic E-state index is 11.6. The maximum Gasteiger partial charge on any atom is 0.133 e. The van der Waals surface area contributed by atoms with Crippen LogP contribution in [0.2, 0.25) is 0 Å². The Morgan fingerprint density at radius 1 is 1.29 bits per heavy atom. The normalized spacial score (nSPS) is 38.9. The van der Waals surface area contributed by atoms with Gasteiger partial charge in [-0.3, -0.25) is 4.79 Å². The summed E-state index contributed by atoms with van der Waals surface area (Å²) in [6, 6.07) is 0. The first-order valence-corrected chi connectivity index (χ1v) is 5.89. The molecular formula is C12H20O2. The van der Waals surface area contributed by atoms with Gasteiger partial charge in [0.15, 0.2) is 0 Å². The highest BCUT2D eigenvalue weighted by atomic mass is 16.3. The van der Waals surface area contributed by atoms with E-state index in [2.05, 4.69) is 0 Å². The molecule has 2 nitrogen and oxygen atoms in total. The third kappa shape index (κ3) is 1.72. The van der Waals surface area contributed by atoms with E-state index in [0.29, 0.717) is 11.7 Å². The summed E-state index contributed by atoms with van der Waals surface area (Å²) >= 11 is 0. The lowest BCUT2D eigenvalue weighted by Gasteiger charge is -2.33. The van der Waals surface area contributed by atoms with E-state index in [1.54, 1.807) is 0 Å². The zero-order valence-electron chi connectivity index (χ0n) is 8.80. The number of hydrogen-bond acceptors (Lipinski definition) is 2. The standard InChI is InChI=1S/C12H20O2/c13-9-10-4-3-7-12(10)6-2-1-5-11(14)8-12/h10,13H,1-9H2/t10-,12+/m0/s1. The molecule has 1 N–H and O–H groups in total. The number of aliphatic hydroxyl groups excluding tert-OH is 1. The summed E-state index contributed by atoms with van der Waals surface area (Å²) in [7, 11) is 0. The molecule has 2 rings (SSSR count). The second-order valence-electron chi connectivity index (χ2n) is 5.06. The number of aliphatic hydroxyl groups is 1. The minimum atomic E-state index is 0.197. The Morgan fingerprint density at radius 3 is 2.86 bits per heavy atom. The average molecular weight is 196 g/mol. The highest BCUT2D eigenvalue weighted by molar-refractivity contribution is 5.79. The zero-order valence-corrected chi connectivity index (χ0v) is 8.80. The van der Waals surface area contributed by atoms with Gasteiger partial charge < -0.3 is 5.11 Å². The molecule has 0 saturated heterocycles. The smallest absolute Gasteiger partial charge is 0.133 e. The second-order valence-corrected chi connectivity index (χ2v) is 5.06. The molecule has 0 aliphatic heterocycles. The van der Waals surface area contributed by atoms with E-state index in [-0.39, 0.29) is 12.0 Å². The van der Waals surface area contributed by atoms with Crippen molar-refractivity contribution >= 4 is 5.78 Å². The fraction of sp³-hybridized carbons (Fsp3) is 0.917. The number of rotatable bonds is 1. The topological polar surface area (TPSA) is 37.3 Å². The number of carbonyl (C=O) groups is 1. The molecular weight excluding hydrogens is 176 g/mol. The molecule has 2 aliphatic rings. The van der Waals surface area contributed by atoms with Crippen LogP contribution in [0.5, 0.6) is 0 Å². The molecule has 0 aromatic rings. The average Bonchev–Trinajstić information content (AvgIpc) is 2.45. The molecule has 2 saturated carbocycles.